The zero-order valence-corrected chi connectivity index (χ0v) is 15.6. The molecule has 4 rings (SSSR count). The number of para-hydroxylation sites is 1. The number of aryl methyl sites for hydroxylation is 1. The van der Waals surface area contributed by atoms with Crippen LogP contribution in [-0.2, 0) is 0 Å². The molecule has 5 nitrogen and oxygen atoms in total. The molecule has 1 unspecified atom stereocenters. The number of nitrogens with zero attached hydrogens (tertiary/aromatic N) is 4. The van der Waals surface area contributed by atoms with Gasteiger partial charge >= 0.3 is 0 Å². The molecule has 0 aliphatic rings. The number of benzene rings is 2. The topological polar surface area (TPSA) is 55.1 Å². The van der Waals surface area contributed by atoms with Crippen molar-refractivity contribution in [3.05, 3.63) is 65.5 Å². The Kier molecular flexibility index (Phi) is 4.07. The third-order valence-electron chi connectivity index (χ3n) is 4.73. The standard InChI is InChI=1S/C21H23N5/c1-13(2)16-9-11-17(12-10-16)14(3)22-21-24-19-8-6-5-7-18(19)20-23-15(4)25-26(20)21/h5-14H,1-4H3,(H,22,24). The summed E-state index contributed by atoms with van der Waals surface area (Å²) in [7, 11) is 0. The minimum absolute atomic E-state index is 0.109. The highest BCUT2D eigenvalue weighted by molar-refractivity contribution is 5.92. The number of rotatable bonds is 4. The molecule has 0 bridgehead atoms. The van der Waals surface area contributed by atoms with Gasteiger partial charge in [0.1, 0.15) is 5.82 Å². The molecule has 0 amide bonds. The SMILES string of the molecule is Cc1nc2c3ccccc3nc(NC(C)c3ccc(C(C)C)cc3)n2n1. The Morgan fingerprint density at radius 3 is 2.31 bits per heavy atom. The molecule has 1 N–H and O–H groups in total. The number of fused-ring (bicyclic) bond motifs is 3. The molecule has 2 aromatic carbocycles. The predicted molar refractivity (Wildman–Crippen MR) is 106 cm³/mol. The molecule has 0 saturated heterocycles. The van der Waals surface area contributed by atoms with Crippen molar-refractivity contribution in [3.8, 4) is 0 Å². The lowest BCUT2D eigenvalue weighted by Gasteiger charge is -2.17. The summed E-state index contributed by atoms with van der Waals surface area (Å²) in [5.74, 6) is 1.98. The molecule has 2 aromatic heterocycles. The molecular formula is C21H23N5. The van der Waals surface area contributed by atoms with Crippen LogP contribution in [0.3, 0.4) is 0 Å². The first-order chi connectivity index (χ1) is 12.5. The largest absolute Gasteiger partial charge is 0.348 e. The number of hydrogen-bond acceptors (Lipinski definition) is 4. The smallest absolute Gasteiger partial charge is 0.226 e. The quantitative estimate of drug-likeness (QED) is 0.572. The van der Waals surface area contributed by atoms with E-state index in [0.717, 1.165) is 22.4 Å². The summed E-state index contributed by atoms with van der Waals surface area (Å²) in [4.78, 5) is 9.36. The second-order valence-electron chi connectivity index (χ2n) is 7.03. The van der Waals surface area contributed by atoms with E-state index in [1.807, 2.05) is 31.2 Å². The van der Waals surface area contributed by atoms with Gasteiger partial charge in [0.2, 0.25) is 5.95 Å². The normalized spacial score (nSPS) is 12.8. The van der Waals surface area contributed by atoms with Gasteiger partial charge in [-0.1, -0.05) is 50.2 Å². The fourth-order valence-corrected chi connectivity index (χ4v) is 3.20. The third kappa shape index (κ3) is 2.90. The van der Waals surface area contributed by atoms with Crippen molar-refractivity contribution in [1.82, 2.24) is 19.6 Å². The Hall–Kier alpha value is -2.95. The van der Waals surface area contributed by atoms with Gasteiger partial charge in [0.25, 0.3) is 0 Å². The van der Waals surface area contributed by atoms with E-state index >= 15 is 0 Å². The van der Waals surface area contributed by atoms with Crippen LogP contribution < -0.4 is 5.32 Å². The molecule has 0 spiro atoms. The fourth-order valence-electron chi connectivity index (χ4n) is 3.20. The van der Waals surface area contributed by atoms with Crippen LogP contribution in [0.4, 0.5) is 5.95 Å². The molecule has 0 fully saturated rings. The van der Waals surface area contributed by atoms with Crippen LogP contribution >= 0.6 is 0 Å². The lowest BCUT2D eigenvalue weighted by molar-refractivity contribution is 0.819. The van der Waals surface area contributed by atoms with E-state index in [2.05, 4.69) is 60.4 Å². The van der Waals surface area contributed by atoms with Gasteiger partial charge < -0.3 is 5.32 Å². The summed E-state index contributed by atoms with van der Waals surface area (Å²) >= 11 is 0. The van der Waals surface area contributed by atoms with Crippen LogP contribution in [0, 0.1) is 6.92 Å². The van der Waals surface area contributed by atoms with Crippen LogP contribution in [0.5, 0.6) is 0 Å². The predicted octanol–water partition coefficient (Wildman–Crippen LogP) is 4.88. The second kappa shape index (κ2) is 6.41. The van der Waals surface area contributed by atoms with Crippen molar-refractivity contribution in [3.63, 3.8) is 0 Å². The highest BCUT2D eigenvalue weighted by Crippen LogP contribution is 2.24. The number of aromatic nitrogens is 4. The summed E-state index contributed by atoms with van der Waals surface area (Å²) in [6.45, 7) is 8.45. The number of hydrogen-bond donors (Lipinski definition) is 1. The van der Waals surface area contributed by atoms with E-state index in [0.29, 0.717) is 11.9 Å². The number of anilines is 1. The summed E-state index contributed by atoms with van der Waals surface area (Å²) in [5.41, 5.74) is 4.31. The van der Waals surface area contributed by atoms with E-state index in [1.165, 1.54) is 11.1 Å². The van der Waals surface area contributed by atoms with Crippen LogP contribution in [-0.4, -0.2) is 19.6 Å². The van der Waals surface area contributed by atoms with Crippen LogP contribution in [0.1, 0.15) is 49.7 Å². The molecule has 26 heavy (non-hydrogen) atoms. The molecule has 1 atom stereocenters. The fraction of sp³-hybridized carbons (Fsp3) is 0.286. The maximum atomic E-state index is 4.78. The van der Waals surface area contributed by atoms with Gasteiger partial charge in [-0.2, -0.15) is 4.52 Å². The third-order valence-corrected chi connectivity index (χ3v) is 4.73. The Morgan fingerprint density at radius 2 is 1.58 bits per heavy atom. The Labute approximate surface area is 153 Å². The van der Waals surface area contributed by atoms with Gasteiger partial charge in [-0.3, -0.25) is 0 Å². The zero-order valence-electron chi connectivity index (χ0n) is 15.6. The van der Waals surface area contributed by atoms with E-state index in [4.69, 9.17) is 4.98 Å². The molecule has 0 saturated carbocycles. The van der Waals surface area contributed by atoms with Gasteiger partial charge in [0, 0.05) is 5.39 Å². The summed E-state index contributed by atoms with van der Waals surface area (Å²) in [6, 6.07) is 16.9. The van der Waals surface area contributed by atoms with Crippen molar-refractivity contribution >= 4 is 22.5 Å². The first kappa shape index (κ1) is 16.5. The van der Waals surface area contributed by atoms with Crippen molar-refractivity contribution in [2.45, 2.75) is 39.7 Å². The van der Waals surface area contributed by atoms with E-state index in [1.54, 1.807) is 4.52 Å². The van der Waals surface area contributed by atoms with Crippen molar-refractivity contribution < 1.29 is 0 Å². The van der Waals surface area contributed by atoms with Gasteiger partial charge in [0.05, 0.1) is 11.6 Å². The average molecular weight is 345 g/mol. The van der Waals surface area contributed by atoms with Crippen molar-refractivity contribution in [2.24, 2.45) is 0 Å². The molecule has 0 aliphatic carbocycles. The summed E-state index contributed by atoms with van der Waals surface area (Å²) in [6.07, 6.45) is 0. The molecule has 2 heterocycles. The van der Waals surface area contributed by atoms with Gasteiger partial charge in [-0.25, -0.2) is 9.97 Å². The zero-order chi connectivity index (χ0) is 18.3. The van der Waals surface area contributed by atoms with E-state index in [-0.39, 0.29) is 6.04 Å². The first-order valence-electron chi connectivity index (χ1n) is 9.01. The summed E-state index contributed by atoms with van der Waals surface area (Å²) in [5, 5.41) is 9.04. The maximum Gasteiger partial charge on any atom is 0.226 e. The van der Waals surface area contributed by atoms with Crippen molar-refractivity contribution in [1.29, 1.82) is 0 Å². The maximum absolute atomic E-state index is 4.78. The van der Waals surface area contributed by atoms with Gasteiger partial charge in [0.15, 0.2) is 5.65 Å². The molecule has 0 radical (unpaired) electrons. The van der Waals surface area contributed by atoms with E-state index in [9.17, 15) is 0 Å². The molecule has 132 valence electrons. The minimum atomic E-state index is 0.109. The van der Waals surface area contributed by atoms with Crippen LogP contribution in [0.2, 0.25) is 0 Å². The van der Waals surface area contributed by atoms with Crippen LogP contribution in [0.15, 0.2) is 48.5 Å². The monoisotopic (exact) mass is 345 g/mol. The average Bonchev–Trinajstić information content (AvgIpc) is 3.04. The van der Waals surface area contributed by atoms with Gasteiger partial charge in [-0.05, 0) is 43.0 Å². The number of nitrogens with one attached hydrogen (secondary N) is 1. The highest BCUT2D eigenvalue weighted by Gasteiger charge is 2.14. The van der Waals surface area contributed by atoms with Gasteiger partial charge in [-0.15, -0.1) is 5.10 Å². The summed E-state index contributed by atoms with van der Waals surface area (Å²) < 4.78 is 1.80. The Balaban J connectivity index is 1.73. The highest BCUT2D eigenvalue weighted by atomic mass is 15.4. The molecule has 5 heteroatoms. The van der Waals surface area contributed by atoms with Crippen molar-refractivity contribution in [2.75, 3.05) is 5.32 Å². The second-order valence-corrected chi connectivity index (χ2v) is 7.03. The molecule has 0 aliphatic heterocycles. The molecular weight excluding hydrogens is 322 g/mol. The lowest BCUT2D eigenvalue weighted by atomic mass is 10.00. The Bertz CT molecular complexity index is 1060. The van der Waals surface area contributed by atoms with Crippen LogP contribution in [0.25, 0.3) is 16.6 Å². The minimum Gasteiger partial charge on any atom is -0.348 e. The lowest BCUT2D eigenvalue weighted by Crippen LogP contribution is -2.12. The molecule has 4 aromatic rings. The van der Waals surface area contributed by atoms with E-state index < -0.39 is 0 Å². The Morgan fingerprint density at radius 1 is 0.885 bits per heavy atom. The first-order valence-corrected chi connectivity index (χ1v) is 9.01.